The van der Waals surface area contributed by atoms with E-state index < -0.39 is 0 Å². The molecule has 0 bridgehead atoms. The van der Waals surface area contributed by atoms with Gasteiger partial charge in [-0.15, -0.1) is 11.6 Å². The van der Waals surface area contributed by atoms with E-state index in [1.165, 1.54) is 19.3 Å². The summed E-state index contributed by atoms with van der Waals surface area (Å²) in [5.74, 6) is 0. The normalized spacial score (nSPS) is 16.1. The second kappa shape index (κ2) is 8.32. The standard InChI is InChI=1S/C13H28ClNO/c1-5-6-7-8-12(14)9-13(3,4)15-10-11(2)16/h11-12,15-16H,5-10H2,1-4H3. The fourth-order valence-corrected chi connectivity index (χ4v) is 2.31. The first-order chi connectivity index (χ1) is 7.37. The van der Waals surface area contributed by atoms with Crippen molar-refractivity contribution in [2.45, 2.75) is 76.8 Å². The Bertz CT molecular complexity index is 171. The largest absolute Gasteiger partial charge is 0.392 e. The quantitative estimate of drug-likeness (QED) is 0.485. The highest BCUT2D eigenvalue weighted by atomic mass is 35.5. The third-order valence-electron chi connectivity index (χ3n) is 2.73. The molecule has 0 fully saturated rings. The van der Waals surface area contributed by atoms with Crippen LogP contribution >= 0.6 is 11.6 Å². The average molecular weight is 250 g/mol. The van der Waals surface area contributed by atoms with Crippen LogP contribution in [0.5, 0.6) is 0 Å². The van der Waals surface area contributed by atoms with Crippen LogP contribution in [0.2, 0.25) is 0 Å². The molecule has 2 atom stereocenters. The molecule has 0 heterocycles. The fourth-order valence-electron chi connectivity index (χ4n) is 1.77. The highest BCUT2D eigenvalue weighted by Gasteiger charge is 2.21. The number of nitrogens with one attached hydrogen (secondary N) is 1. The predicted molar refractivity (Wildman–Crippen MR) is 72.2 cm³/mol. The van der Waals surface area contributed by atoms with Gasteiger partial charge in [-0.3, -0.25) is 0 Å². The van der Waals surface area contributed by atoms with E-state index in [1.807, 2.05) is 0 Å². The van der Waals surface area contributed by atoms with E-state index in [4.69, 9.17) is 11.6 Å². The Kier molecular flexibility index (Phi) is 8.43. The maximum absolute atomic E-state index is 9.23. The Morgan fingerprint density at radius 2 is 1.94 bits per heavy atom. The van der Waals surface area contributed by atoms with Crippen LogP contribution in [0.4, 0.5) is 0 Å². The minimum Gasteiger partial charge on any atom is -0.392 e. The molecule has 0 rings (SSSR count). The maximum Gasteiger partial charge on any atom is 0.0636 e. The maximum atomic E-state index is 9.23. The first-order valence-electron chi connectivity index (χ1n) is 6.44. The summed E-state index contributed by atoms with van der Waals surface area (Å²) in [6, 6.07) is 0. The zero-order valence-corrected chi connectivity index (χ0v) is 12.0. The molecular weight excluding hydrogens is 222 g/mol. The lowest BCUT2D eigenvalue weighted by Gasteiger charge is -2.29. The van der Waals surface area contributed by atoms with Crippen molar-refractivity contribution in [1.82, 2.24) is 5.32 Å². The third-order valence-corrected chi connectivity index (χ3v) is 3.10. The third kappa shape index (κ3) is 9.44. The van der Waals surface area contributed by atoms with Crippen molar-refractivity contribution in [3.63, 3.8) is 0 Å². The lowest BCUT2D eigenvalue weighted by Crippen LogP contribution is -2.44. The Labute approximate surface area is 106 Å². The molecular formula is C13H28ClNO. The molecule has 2 unspecified atom stereocenters. The Morgan fingerprint density at radius 3 is 2.44 bits per heavy atom. The van der Waals surface area contributed by atoms with Crippen LogP contribution in [0.15, 0.2) is 0 Å². The van der Waals surface area contributed by atoms with E-state index in [9.17, 15) is 5.11 Å². The number of hydrogen-bond acceptors (Lipinski definition) is 2. The Morgan fingerprint density at radius 1 is 1.31 bits per heavy atom. The highest BCUT2D eigenvalue weighted by Crippen LogP contribution is 2.20. The van der Waals surface area contributed by atoms with Crippen molar-refractivity contribution in [1.29, 1.82) is 0 Å². The van der Waals surface area contributed by atoms with Gasteiger partial charge in [0.05, 0.1) is 6.10 Å². The van der Waals surface area contributed by atoms with Crippen molar-refractivity contribution >= 4 is 11.6 Å². The van der Waals surface area contributed by atoms with Gasteiger partial charge >= 0.3 is 0 Å². The lowest BCUT2D eigenvalue weighted by molar-refractivity contribution is 0.174. The van der Waals surface area contributed by atoms with Gasteiger partial charge in [-0.2, -0.15) is 0 Å². The van der Waals surface area contributed by atoms with Crippen LogP contribution in [0.3, 0.4) is 0 Å². The van der Waals surface area contributed by atoms with Crippen LogP contribution in [0.25, 0.3) is 0 Å². The van der Waals surface area contributed by atoms with Gasteiger partial charge in [0, 0.05) is 17.5 Å². The van der Waals surface area contributed by atoms with Gasteiger partial charge in [0.1, 0.15) is 0 Å². The van der Waals surface area contributed by atoms with Crippen molar-refractivity contribution in [3.8, 4) is 0 Å². The number of β-amino-alcohol motifs (C(OH)–C–C–N with tert-alkyl or cyclic N) is 1. The number of rotatable bonds is 9. The lowest BCUT2D eigenvalue weighted by atomic mass is 9.95. The summed E-state index contributed by atoms with van der Waals surface area (Å²) in [5, 5.41) is 12.8. The second-order valence-electron chi connectivity index (χ2n) is 5.41. The van der Waals surface area contributed by atoms with Gasteiger partial charge in [-0.25, -0.2) is 0 Å². The molecule has 2 nitrogen and oxygen atoms in total. The molecule has 3 heteroatoms. The second-order valence-corrected chi connectivity index (χ2v) is 6.03. The average Bonchev–Trinajstić information content (AvgIpc) is 2.15. The number of aliphatic hydroxyl groups excluding tert-OH is 1. The number of hydrogen-bond donors (Lipinski definition) is 2. The van der Waals surface area contributed by atoms with Crippen LogP contribution in [-0.2, 0) is 0 Å². The van der Waals surface area contributed by atoms with Crippen LogP contribution in [-0.4, -0.2) is 28.7 Å². The van der Waals surface area contributed by atoms with E-state index in [2.05, 4.69) is 26.1 Å². The summed E-state index contributed by atoms with van der Waals surface area (Å²) in [6.07, 6.45) is 5.48. The first-order valence-corrected chi connectivity index (χ1v) is 6.88. The molecule has 0 aliphatic carbocycles. The molecule has 0 aromatic heterocycles. The molecule has 0 aliphatic rings. The van der Waals surface area contributed by atoms with Crippen molar-refractivity contribution in [3.05, 3.63) is 0 Å². The molecule has 0 saturated heterocycles. The van der Waals surface area contributed by atoms with Crippen molar-refractivity contribution < 1.29 is 5.11 Å². The van der Waals surface area contributed by atoms with Crippen LogP contribution in [0.1, 0.15) is 59.8 Å². The van der Waals surface area contributed by atoms with Gasteiger partial charge in [0.15, 0.2) is 0 Å². The Hall–Kier alpha value is 0.210. The number of aliphatic hydroxyl groups is 1. The molecule has 0 saturated carbocycles. The van der Waals surface area contributed by atoms with Gasteiger partial charge in [-0.05, 0) is 33.6 Å². The Balaban J connectivity index is 3.76. The summed E-state index contributed by atoms with van der Waals surface area (Å²) >= 11 is 6.31. The van der Waals surface area contributed by atoms with Crippen LogP contribution in [0, 0.1) is 0 Å². The highest BCUT2D eigenvalue weighted by molar-refractivity contribution is 6.20. The molecule has 98 valence electrons. The monoisotopic (exact) mass is 249 g/mol. The zero-order chi connectivity index (χ0) is 12.6. The first kappa shape index (κ1) is 16.2. The molecule has 2 N–H and O–H groups in total. The molecule has 0 amide bonds. The van der Waals surface area contributed by atoms with Gasteiger partial charge in [-0.1, -0.05) is 26.2 Å². The summed E-state index contributed by atoms with van der Waals surface area (Å²) in [5.41, 5.74) is 0.00954. The summed E-state index contributed by atoms with van der Waals surface area (Å²) < 4.78 is 0. The topological polar surface area (TPSA) is 32.3 Å². The van der Waals surface area contributed by atoms with E-state index in [0.717, 1.165) is 12.8 Å². The molecule has 0 spiro atoms. The molecule has 0 aromatic carbocycles. The number of alkyl halides is 1. The summed E-state index contributed by atoms with van der Waals surface area (Å²) in [6.45, 7) is 8.92. The molecule has 0 aromatic rings. The fraction of sp³-hybridized carbons (Fsp3) is 1.00. The van der Waals surface area contributed by atoms with E-state index in [1.54, 1.807) is 6.92 Å². The van der Waals surface area contributed by atoms with E-state index >= 15 is 0 Å². The number of unbranched alkanes of at least 4 members (excludes halogenated alkanes) is 2. The number of halogens is 1. The zero-order valence-electron chi connectivity index (χ0n) is 11.2. The van der Waals surface area contributed by atoms with Gasteiger partial charge in [0.2, 0.25) is 0 Å². The SMILES string of the molecule is CCCCCC(Cl)CC(C)(C)NCC(C)O. The minimum atomic E-state index is -0.298. The van der Waals surface area contributed by atoms with Gasteiger partial charge < -0.3 is 10.4 Å². The van der Waals surface area contributed by atoms with E-state index in [0.29, 0.717) is 6.54 Å². The molecule has 16 heavy (non-hydrogen) atoms. The smallest absolute Gasteiger partial charge is 0.0636 e. The van der Waals surface area contributed by atoms with Crippen molar-refractivity contribution in [2.24, 2.45) is 0 Å². The molecule has 0 radical (unpaired) electrons. The predicted octanol–water partition coefficient (Wildman–Crippen LogP) is 3.31. The van der Waals surface area contributed by atoms with E-state index in [-0.39, 0.29) is 17.0 Å². The summed E-state index contributed by atoms with van der Waals surface area (Å²) in [7, 11) is 0. The van der Waals surface area contributed by atoms with Crippen LogP contribution < -0.4 is 5.32 Å². The minimum absolute atomic E-state index is 0.00954. The van der Waals surface area contributed by atoms with Gasteiger partial charge in [0.25, 0.3) is 0 Å². The van der Waals surface area contributed by atoms with Crippen molar-refractivity contribution in [2.75, 3.05) is 6.54 Å². The summed E-state index contributed by atoms with van der Waals surface area (Å²) in [4.78, 5) is 0. The molecule has 0 aliphatic heterocycles.